The Labute approximate surface area is 101 Å². The van der Waals surface area contributed by atoms with Gasteiger partial charge in [0.15, 0.2) is 0 Å². The Hall–Kier alpha value is -0.300. The largest absolute Gasteiger partial charge is 0.328 e. The van der Waals surface area contributed by atoms with E-state index in [1.165, 1.54) is 64.2 Å². The zero-order valence-corrected chi connectivity index (χ0v) is 10.8. The van der Waals surface area contributed by atoms with Gasteiger partial charge in [0.1, 0.15) is 0 Å². The third-order valence-corrected chi connectivity index (χ3v) is 3.84. The molecule has 1 heteroatoms. The van der Waals surface area contributed by atoms with Crippen LogP contribution in [-0.2, 0) is 0 Å². The van der Waals surface area contributed by atoms with Crippen molar-refractivity contribution >= 4 is 0 Å². The summed E-state index contributed by atoms with van der Waals surface area (Å²) in [5, 5.41) is 0. The standard InChI is InChI=1S/C15H29N/c1-2-3-4-5-9-12-15(16)13-14-10-7-6-8-11-14/h2,14-15H,1,3-13,16H2. The molecule has 0 aromatic carbocycles. The van der Waals surface area contributed by atoms with Crippen molar-refractivity contribution in [1.82, 2.24) is 0 Å². The fraction of sp³-hybridized carbons (Fsp3) is 0.867. The molecule has 0 saturated heterocycles. The molecule has 0 bridgehead atoms. The molecule has 0 aromatic heterocycles. The zero-order chi connectivity index (χ0) is 11.6. The highest BCUT2D eigenvalue weighted by Crippen LogP contribution is 2.27. The molecule has 1 fully saturated rings. The molecule has 1 aliphatic carbocycles. The highest BCUT2D eigenvalue weighted by Gasteiger charge is 2.16. The molecular weight excluding hydrogens is 194 g/mol. The van der Waals surface area contributed by atoms with E-state index in [2.05, 4.69) is 6.58 Å². The van der Waals surface area contributed by atoms with Gasteiger partial charge in [-0.1, -0.05) is 51.0 Å². The zero-order valence-electron chi connectivity index (χ0n) is 10.8. The van der Waals surface area contributed by atoms with Crippen molar-refractivity contribution in [1.29, 1.82) is 0 Å². The Balaban J connectivity index is 1.96. The van der Waals surface area contributed by atoms with Gasteiger partial charge >= 0.3 is 0 Å². The van der Waals surface area contributed by atoms with Gasteiger partial charge in [-0.3, -0.25) is 0 Å². The van der Waals surface area contributed by atoms with Gasteiger partial charge in [-0.15, -0.1) is 6.58 Å². The Kier molecular flexibility index (Phi) is 7.58. The molecule has 0 aliphatic heterocycles. The quantitative estimate of drug-likeness (QED) is 0.478. The summed E-state index contributed by atoms with van der Waals surface area (Å²) in [5.41, 5.74) is 6.20. The van der Waals surface area contributed by atoms with Crippen LogP contribution in [0, 0.1) is 5.92 Å². The van der Waals surface area contributed by atoms with Crippen LogP contribution in [0.1, 0.15) is 70.6 Å². The Morgan fingerprint density at radius 2 is 1.88 bits per heavy atom. The van der Waals surface area contributed by atoms with Crippen molar-refractivity contribution in [3.05, 3.63) is 12.7 Å². The number of nitrogens with two attached hydrogens (primary N) is 1. The van der Waals surface area contributed by atoms with E-state index in [1.54, 1.807) is 0 Å². The van der Waals surface area contributed by atoms with E-state index in [4.69, 9.17) is 5.73 Å². The van der Waals surface area contributed by atoms with Gasteiger partial charge in [0.2, 0.25) is 0 Å². The summed E-state index contributed by atoms with van der Waals surface area (Å²) in [7, 11) is 0. The summed E-state index contributed by atoms with van der Waals surface area (Å²) in [5.74, 6) is 0.942. The third kappa shape index (κ3) is 6.32. The van der Waals surface area contributed by atoms with Crippen LogP contribution < -0.4 is 5.73 Å². The molecule has 1 aliphatic rings. The Bertz CT molecular complexity index is 170. The van der Waals surface area contributed by atoms with E-state index in [0.29, 0.717) is 6.04 Å². The number of allylic oxidation sites excluding steroid dienone is 1. The second-order valence-corrected chi connectivity index (χ2v) is 5.43. The molecule has 1 saturated carbocycles. The normalized spacial score (nSPS) is 19.6. The fourth-order valence-electron chi connectivity index (χ4n) is 2.84. The van der Waals surface area contributed by atoms with Crippen LogP contribution >= 0.6 is 0 Å². The first-order valence-corrected chi connectivity index (χ1v) is 7.19. The maximum Gasteiger partial charge on any atom is 0.00414 e. The van der Waals surface area contributed by atoms with E-state index < -0.39 is 0 Å². The molecule has 1 unspecified atom stereocenters. The predicted molar refractivity (Wildman–Crippen MR) is 72.4 cm³/mol. The van der Waals surface area contributed by atoms with E-state index in [-0.39, 0.29) is 0 Å². The van der Waals surface area contributed by atoms with Gasteiger partial charge in [-0.05, 0) is 31.6 Å². The molecule has 0 radical (unpaired) electrons. The van der Waals surface area contributed by atoms with Gasteiger partial charge in [0.25, 0.3) is 0 Å². The van der Waals surface area contributed by atoms with Crippen LogP contribution in [0.15, 0.2) is 12.7 Å². The number of hydrogen-bond donors (Lipinski definition) is 1. The van der Waals surface area contributed by atoms with E-state index in [9.17, 15) is 0 Å². The summed E-state index contributed by atoms with van der Waals surface area (Å²) in [6.45, 7) is 3.75. The van der Waals surface area contributed by atoms with Crippen molar-refractivity contribution in [2.24, 2.45) is 11.7 Å². The molecule has 1 rings (SSSR count). The average molecular weight is 223 g/mol. The topological polar surface area (TPSA) is 26.0 Å². The first-order chi connectivity index (χ1) is 7.83. The van der Waals surface area contributed by atoms with Gasteiger partial charge in [0.05, 0.1) is 0 Å². The summed E-state index contributed by atoms with van der Waals surface area (Å²) in [4.78, 5) is 0. The summed E-state index contributed by atoms with van der Waals surface area (Å²) in [6.07, 6.45) is 16.8. The van der Waals surface area contributed by atoms with Crippen LogP contribution in [-0.4, -0.2) is 6.04 Å². The molecule has 94 valence electrons. The molecule has 2 N–H and O–H groups in total. The minimum absolute atomic E-state index is 0.465. The fourth-order valence-corrected chi connectivity index (χ4v) is 2.84. The van der Waals surface area contributed by atoms with Gasteiger partial charge < -0.3 is 5.73 Å². The van der Waals surface area contributed by atoms with Crippen molar-refractivity contribution in [2.45, 2.75) is 76.7 Å². The van der Waals surface area contributed by atoms with Crippen LogP contribution in [0.3, 0.4) is 0 Å². The first-order valence-electron chi connectivity index (χ1n) is 7.19. The highest BCUT2D eigenvalue weighted by molar-refractivity contribution is 4.72. The first kappa shape index (κ1) is 13.8. The maximum atomic E-state index is 6.20. The van der Waals surface area contributed by atoms with Crippen LogP contribution in [0.2, 0.25) is 0 Å². The van der Waals surface area contributed by atoms with Crippen LogP contribution in [0.4, 0.5) is 0 Å². The van der Waals surface area contributed by atoms with E-state index >= 15 is 0 Å². The smallest absolute Gasteiger partial charge is 0.00414 e. The molecule has 0 heterocycles. The molecule has 1 nitrogen and oxygen atoms in total. The lowest BCUT2D eigenvalue weighted by Gasteiger charge is -2.24. The van der Waals surface area contributed by atoms with Crippen molar-refractivity contribution < 1.29 is 0 Å². The predicted octanol–water partition coefficient (Wildman–Crippen LogP) is 4.42. The minimum atomic E-state index is 0.465. The molecule has 16 heavy (non-hydrogen) atoms. The minimum Gasteiger partial charge on any atom is -0.328 e. The van der Waals surface area contributed by atoms with Gasteiger partial charge in [-0.25, -0.2) is 0 Å². The Morgan fingerprint density at radius 1 is 1.12 bits per heavy atom. The number of hydrogen-bond acceptors (Lipinski definition) is 1. The molecule has 0 spiro atoms. The lowest BCUT2D eigenvalue weighted by Crippen LogP contribution is -2.24. The Morgan fingerprint density at radius 3 is 2.56 bits per heavy atom. The maximum absolute atomic E-state index is 6.20. The average Bonchev–Trinajstić information content (AvgIpc) is 2.30. The van der Waals surface area contributed by atoms with Gasteiger partial charge in [-0.2, -0.15) is 0 Å². The summed E-state index contributed by atoms with van der Waals surface area (Å²) >= 11 is 0. The lowest BCUT2D eigenvalue weighted by molar-refractivity contribution is 0.310. The molecule has 0 aromatic rings. The summed E-state index contributed by atoms with van der Waals surface area (Å²) < 4.78 is 0. The van der Waals surface area contributed by atoms with Crippen LogP contribution in [0.25, 0.3) is 0 Å². The van der Waals surface area contributed by atoms with Gasteiger partial charge in [0, 0.05) is 6.04 Å². The molecular formula is C15H29N. The monoisotopic (exact) mass is 223 g/mol. The molecule has 0 amide bonds. The lowest BCUT2D eigenvalue weighted by atomic mass is 9.84. The van der Waals surface area contributed by atoms with E-state index in [0.717, 1.165) is 12.3 Å². The summed E-state index contributed by atoms with van der Waals surface area (Å²) in [6, 6.07) is 0.465. The van der Waals surface area contributed by atoms with Crippen molar-refractivity contribution in [3.8, 4) is 0 Å². The van der Waals surface area contributed by atoms with Crippen LogP contribution in [0.5, 0.6) is 0 Å². The SMILES string of the molecule is C=CCCCCCC(N)CC1CCCCC1. The highest BCUT2D eigenvalue weighted by atomic mass is 14.6. The van der Waals surface area contributed by atoms with E-state index in [1.807, 2.05) is 6.08 Å². The third-order valence-electron chi connectivity index (χ3n) is 3.84. The van der Waals surface area contributed by atoms with Crippen molar-refractivity contribution in [3.63, 3.8) is 0 Å². The molecule has 1 atom stereocenters. The number of rotatable bonds is 8. The second kappa shape index (κ2) is 8.81. The van der Waals surface area contributed by atoms with Crippen molar-refractivity contribution in [2.75, 3.05) is 0 Å². The number of unbranched alkanes of at least 4 members (excludes halogenated alkanes) is 3. The second-order valence-electron chi connectivity index (χ2n) is 5.43.